The number of aromatic nitrogens is 4. The highest BCUT2D eigenvalue weighted by Gasteiger charge is 2.18. The highest BCUT2D eigenvalue weighted by Crippen LogP contribution is 2.33. The van der Waals surface area contributed by atoms with Crippen LogP contribution in [0.5, 0.6) is 5.75 Å². The topological polar surface area (TPSA) is 96.4 Å². The number of hydrogen-bond donors (Lipinski definition) is 2. The molecule has 0 aliphatic carbocycles. The third-order valence-electron chi connectivity index (χ3n) is 4.96. The smallest absolute Gasteiger partial charge is 0.179 e. The van der Waals surface area contributed by atoms with Crippen LogP contribution in [0.15, 0.2) is 42.3 Å². The SMILES string of the molecule is COc1cc2c(cc1/C(C(C)=N)=C(\C)O)ncc1nnc(Cc3ccc(Cl)c(F)c3)n12. The molecular weight excluding hydrogens is 421 g/mol. The molecule has 2 aromatic heterocycles. The van der Waals surface area contributed by atoms with Crippen LogP contribution < -0.4 is 4.74 Å². The molecule has 7 nitrogen and oxygen atoms in total. The first kappa shape index (κ1) is 20.7. The van der Waals surface area contributed by atoms with Gasteiger partial charge in [-0.1, -0.05) is 17.7 Å². The Morgan fingerprint density at radius 1 is 1.23 bits per heavy atom. The molecule has 2 heterocycles. The molecule has 31 heavy (non-hydrogen) atoms. The number of fused-ring (bicyclic) bond motifs is 3. The van der Waals surface area contributed by atoms with E-state index in [2.05, 4.69) is 15.2 Å². The molecule has 0 saturated heterocycles. The van der Waals surface area contributed by atoms with Crippen molar-refractivity contribution < 1.29 is 14.2 Å². The number of hydrogen-bond acceptors (Lipinski definition) is 6. The third kappa shape index (κ3) is 3.70. The fourth-order valence-electron chi connectivity index (χ4n) is 3.62. The molecule has 4 aromatic rings. The maximum Gasteiger partial charge on any atom is 0.179 e. The summed E-state index contributed by atoms with van der Waals surface area (Å²) in [6.07, 6.45) is 1.92. The zero-order valence-corrected chi connectivity index (χ0v) is 17.8. The van der Waals surface area contributed by atoms with Gasteiger partial charge in [0.05, 0.1) is 35.1 Å². The van der Waals surface area contributed by atoms with Crippen molar-refractivity contribution in [3.8, 4) is 5.75 Å². The fraction of sp³-hybridized carbons (Fsp3) is 0.182. The maximum atomic E-state index is 13.9. The molecule has 4 rings (SSSR count). The Kier molecular flexibility index (Phi) is 5.32. The molecule has 0 aliphatic heterocycles. The van der Waals surface area contributed by atoms with Crippen LogP contribution in [0.25, 0.3) is 22.3 Å². The van der Waals surface area contributed by atoms with Gasteiger partial charge in [-0.15, -0.1) is 10.2 Å². The average molecular weight is 440 g/mol. The summed E-state index contributed by atoms with van der Waals surface area (Å²) in [6, 6.07) is 8.15. The molecule has 0 fully saturated rings. The lowest BCUT2D eigenvalue weighted by Gasteiger charge is -2.14. The standard InChI is InChI=1S/C22H19ClFN5O2/c1-11(25)22(12(2)30)14-8-17-18(9-19(14)31-3)29-20(27-28-21(29)10-26-17)7-13-4-5-15(23)16(24)6-13/h4-6,8-10,25,30H,7H2,1-3H3/b22-12+,25-11?. The maximum absolute atomic E-state index is 13.9. The Labute approximate surface area is 182 Å². The summed E-state index contributed by atoms with van der Waals surface area (Å²) in [6.45, 7) is 3.12. The van der Waals surface area contributed by atoms with Gasteiger partial charge in [0.15, 0.2) is 5.65 Å². The number of ether oxygens (including phenoxy) is 1. The number of nitrogens with one attached hydrogen (secondary N) is 1. The van der Waals surface area contributed by atoms with Gasteiger partial charge in [0.2, 0.25) is 0 Å². The second kappa shape index (κ2) is 7.96. The van der Waals surface area contributed by atoms with Crippen LogP contribution in [0.2, 0.25) is 5.02 Å². The summed E-state index contributed by atoms with van der Waals surface area (Å²) in [7, 11) is 1.52. The van der Waals surface area contributed by atoms with Crippen molar-refractivity contribution in [3.63, 3.8) is 0 Å². The Balaban J connectivity index is 1.93. The van der Waals surface area contributed by atoms with E-state index in [-0.39, 0.29) is 16.5 Å². The summed E-state index contributed by atoms with van der Waals surface area (Å²) in [4.78, 5) is 4.46. The van der Waals surface area contributed by atoms with E-state index in [1.54, 1.807) is 31.3 Å². The van der Waals surface area contributed by atoms with Crippen LogP contribution in [-0.4, -0.2) is 37.5 Å². The Morgan fingerprint density at radius 2 is 2.00 bits per heavy atom. The highest BCUT2D eigenvalue weighted by molar-refractivity contribution is 6.30. The molecule has 0 radical (unpaired) electrons. The van der Waals surface area contributed by atoms with Crippen molar-refractivity contribution in [1.29, 1.82) is 5.41 Å². The van der Waals surface area contributed by atoms with E-state index in [0.29, 0.717) is 51.4 Å². The Hall–Kier alpha value is -3.52. The lowest BCUT2D eigenvalue weighted by atomic mass is 9.99. The Morgan fingerprint density at radius 3 is 2.65 bits per heavy atom. The van der Waals surface area contributed by atoms with Crippen molar-refractivity contribution in [2.45, 2.75) is 20.3 Å². The molecule has 2 aromatic carbocycles. The monoisotopic (exact) mass is 439 g/mol. The quantitative estimate of drug-likeness (QED) is 0.337. The van der Waals surface area contributed by atoms with Gasteiger partial charge >= 0.3 is 0 Å². The highest BCUT2D eigenvalue weighted by atomic mass is 35.5. The zero-order chi connectivity index (χ0) is 22.3. The number of allylic oxidation sites excluding steroid dienone is 2. The van der Waals surface area contributed by atoms with Gasteiger partial charge in [-0.2, -0.15) is 0 Å². The van der Waals surface area contributed by atoms with Crippen LogP contribution in [0.1, 0.15) is 30.8 Å². The molecule has 0 amide bonds. The minimum Gasteiger partial charge on any atom is -0.512 e. The van der Waals surface area contributed by atoms with Gasteiger partial charge in [0.25, 0.3) is 0 Å². The van der Waals surface area contributed by atoms with Crippen LogP contribution in [0.3, 0.4) is 0 Å². The van der Waals surface area contributed by atoms with Crippen LogP contribution in [0.4, 0.5) is 4.39 Å². The average Bonchev–Trinajstić information content (AvgIpc) is 3.13. The largest absolute Gasteiger partial charge is 0.512 e. The number of halogens is 2. The summed E-state index contributed by atoms with van der Waals surface area (Å²) >= 11 is 5.79. The third-order valence-corrected chi connectivity index (χ3v) is 5.27. The summed E-state index contributed by atoms with van der Waals surface area (Å²) < 4.78 is 21.3. The van der Waals surface area contributed by atoms with E-state index >= 15 is 0 Å². The van der Waals surface area contributed by atoms with E-state index in [0.717, 1.165) is 0 Å². The van der Waals surface area contributed by atoms with Crippen molar-refractivity contribution in [1.82, 2.24) is 19.6 Å². The first-order chi connectivity index (χ1) is 14.8. The van der Waals surface area contributed by atoms with Crippen LogP contribution in [0, 0.1) is 11.2 Å². The van der Waals surface area contributed by atoms with Gasteiger partial charge in [0.1, 0.15) is 17.4 Å². The molecular formula is C22H19ClFN5O2. The number of nitrogens with zero attached hydrogens (tertiary/aromatic N) is 4. The van der Waals surface area contributed by atoms with Gasteiger partial charge in [-0.3, -0.25) is 9.38 Å². The zero-order valence-electron chi connectivity index (χ0n) is 17.1. The van der Waals surface area contributed by atoms with Crippen molar-refractivity contribution >= 4 is 39.6 Å². The first-order valence-electron chi connectivity index (χ1n) is 9.40. The molecule has 9 heteroatoms. The minimum absolute atomic E-state index is 0.0148. The molecule has 2 N–H and O–H groups in total. The van der Waals surface area contributed by atoms with E-state index in [1.165, 1.54) is 26.2 Å². The predicted molar refractivity (Wildman–Crippen MR) is 118 cm³/mol. The number of rotatable bonds is 5. The number of methoxy groups -OCH3 is 1. The van der Waals surface area contributed by atoms with E-state index < -0.39 is 5.82 Å². The first-order valence-corrected chi connectivity index (χ1v) is 9.78. The van der Waals surface area contributed by atoms with Crippen LogP contribution in [-0.2, 0) is 6.42 Å². The van der Waals surface area contributed by atoms with E-state index in [4.69, 9.17) is 21.7 Å². The van der Waals surface area contributed by atoms with E-state index in [9.17, 15) is 9.50 Å². The fourth-order valence-corrected chi connectivity index (χ4v) is 3.74. The lowest BCUT2D eigenvalue weighted by molar-refractivity contribution is 0.409. The van der Waals surface area contributed by atoms with Crippen LogP contribution >= 0.6 is 11.6 Å². The number of aliphatic hydroxyl groups is 1. The normalized spacial score (nSPS) is 12.3. The molecule has 0 atom stereocenters. The summed E-state index contributed by atoms with van der Waals surface area (Å²) in [5.41, 5.74) is 3.66. The molecule has 0 saturated carbocycles. The van der Waals surface area contributed by atoms with Gasteiger partial charge in [0, 0.05) is 29.3 Å². The Bertz CT molecular complexity index is 1380. The van der Waals surface area contributed by atoms with Crippen molar-refractivity contribution in [2.75, 3.05) is 7.11 Å². The second-order valence-corrected chi connectivity index (χ2v) is 7.53. The summed E-state index contributed by atoms with van der Waals surface area (Å²) in [5.74, 6) is 0.581. The molecule has 0 spiro atoms. The molecule has 0 bridgehead atoms. The van der Waals surface area contributed by atoms with Crippen molar-refractivity contribution in [2.24, 2.45) is 0 Å². The van der Waals surface area contributed by atoms with Gasteiger partial charge < -0.3 is 15.3 Å². The van der Waals surface area contributed by atoms with Gasteiger partial charge in [-0.25, -0.2) is 4.39 Å². The number of aliphatic hydroxyl groups excluding tert-OH is 1. The number of benzene rings is 2. The lowest BCUT2D eigenvalue weighted by Crippen LogP contribution is -2.04. The molecule has 158 valence electrons. The predicted octanol–water partition coefficient (Wildman–Crippen LogP) is 5.00. The van der Waals surface area contributed by atoms with Crippen molar-refractivity contribution in [3.05, 3.63) is 70.1 Å². The second-order valence-electron chi connectivity index (χ2n) is 7.12. The molecule has 0 aliphatic rings. The molecule has 0 unspecified atom stereocenters. The van der Waals surface area contributed by atoms with Gasteiger partial charge in [-0.05, 0) is 37.6 Å². The van der Waals surface area contributed by atoms with E-state index in [1.807, 2.05) is 4.40 Å². The minimum atomic E-state index is -0.494. The summed E-state index contributed by atoms with van der Waals surface area (Å²) in [5, 5.41) is 26.7.